The third kappa shape index (κ3) is 11.5. The van der Waals surface area contributed by atoms with Gasteiger partial charge in [0.25, 0.3) is 0 Å². The fraction of sp³-hybridized carbons (Fsp3) is 0.583. The Morgan fingerprint density at radius 1 is 0.932 bits per heavy atom. The number of nitrogens with one attached hydrogen (secondary N) is 2. The van der Waals surface area contributed by atoms with Crippen LogP contribution in [0, 0.1) is 6.92 Å². The van der Waals surface area contributed by atoms with Crippen LogP contribution in [-0.2, 0) is 20.7 Å². The van der Waals surface area contributed by atoms with Gasteiger partial charge in [-0.2, -0.15) is 0 Å². The number of nitrogens with zero attached hydrogens (tertiary/aromatic N) is 1. The molecule has 0 spiro atoms. The van der Waals surface area contributed by atoms with Gasteiger partial charge in [0.15, 0.2) is 0 Å². The highest BCUT2D eigenvalue weighted by Crippen LogP contribution is 2.27. The van der Waals surface area contributed by atoms with Gasteiger partial charge in [-0.3, -0.25) is 9.59 Å². The van der Waals surface area contributed by atoms with Crippen LogP contribution in [0.5, 0.6) is 5.75 Å². The number of unbranched alkanes of at least 4 members (excludes halogenated alkanes) is 4. The van der Waals surface area contributed by atoms with Crippen LogP contribution in [0.25, 0.3) is 0 Å². The van der Waals surface area contributed by atoms with Crippen LogP contribution in [-0.4, -0.2) is 52.1 Å². The highest BCUT2D eigenvalue weighted by atomic mass is 16.6. The van der Waals surface area contributed by atoms with Crippen LogP contribution >= 0.6 is 0 Å². The van der Waals surface area contributed by atoms with Gasteiger partial charge in [-0.15, -0.1) is 0 Å². The maximum Gasteiger partial charge on any atom is 0.408 e. The van der Waals surface area contributed by atoms with Crippen molar-refractivity contribution >= 4 is 17.9 Å². The van der Waals surface area contributed by atoms with E-state index in [-0.39, 0.29) is 30.0 Å². The molecule has 1 aliphatic carbocycles. The van der Waals surface area contributed by atoms with Crippen molar-refractivity contribution in [3.8, 4) is 5.75 Å². The molecule has 0 radical (unpaired) electrons. The molecule has 0 heterocycles. The molecule has 1 saturated carbocycles. The number of carbonyl (C=O) groups is 3. The molecule has 2 atom stereocenters. The summed E-state index contributed by atoms with van der Waals surface area (Å²) in [7, 11) is 0. The zero-order valence-electron chi connectivity index (χ0n) is 27.4. The summed E-state index contributed by atoms with van der Waals surface area (Å²) in [5.41, 5.74) is 1.82. The number of aromatic hydroxyl groups is 1. The summed E-state index contributed by atoms with van der Waals surface area (Å²) in [6.07, 6.45) is 9.61. The second-order valence-corrected chi connectivity index (χ2v) is 13.2. The van der Waals surface area contributed by atoms with Crippen molar-refractivity contribution in [3.05, 3.63) is 65.2 Å². The van der Waals surface area contributed by atoms with E-state index in [1.54, 1.807) is 49.9 Å². The third-order valence-electron chi connectivity index (χ3n) is 8.06. The first-order valence-electron chi connectivity index (χ1n) is 16.4. The standard InChI is InChI=1S/C36H53N3O5/c1-6-7-8-9-13-24-39(32(28-20-16-26(2)17-21-28)33(41)37-29-14-11-10-12-15-29)34(42)31(38-35(43)44-36(3,4)5)25-27-18-22-30(40)23-19-27/h16-23,29,31-32,40H,6-15,24-25H2,1-5H3,(H,37,41)(H,38,43). The van der Waals surface area contributed by atoms with Crippen LogP contribution in [0.3, 0.4) is 0 Å². The molecule has 2 aromatic rings. The Morgan fingerprint density at radius 3 is 2.18 bits per heavy atom. The molecule has 44 heavy (non-hydrogen) atoms. The second-order valence-electron chi connectivity index (χ2n) is 13.2. The summed E-state index contributed by atoms with van der Waals surface area (Å²) in [6, 6.07) is 12.6. The number of alkyl carbamates (subject to hydrolysis) is 1. The van der Waals surface area contributed by atoms with E-state index in [1.807, 2.05) is 31.2 Å². The molecule has 0 saturated heterocycles. The molecule has 1 fully saturated rings. The summed E-state index contributed by atoms with van der Waals surface area (Å²) in [4.78, 5) is 43.5. The number of hydrogen-bond acceptors (Lipinski definition) is 5. The molecule has 242 valence electrons. The summed E-state index contributed by atoms with van der Waals surface area (Å²) in [6.45, 7) is 9.85. The van der Waals surface area contributed by atoms with Crippen molar-refractivity contribution in [1.82, 2.24) is 15.5 Å². The van der Waals surface area contributed by atoms with Crippen LogP contribution in [0.15, 0.2) is 48.5 Å². The van der Waals surface area contributed by atoms with Gasteiger partial charge in [-0.25, -0.2) is 4.79 Å². The predicted molar refractivity (Wildman–Crippen MR) is 174 cm³/mol. The molecular formula is C36H53N3O5. The zero-order valence-corrected chi connectivity index (χ0v) is 27.4. The summed E-state index contributed by atoms with van der Waals surface area (Å²) in [5, 5.41) is 15.9. The molecule has 3 amide bonds. The SMILES string of the molecule is CCCCCCCN(C(=O)C(Cc1ccc(O)cc1)NC(=O)OC(C)(C)C)C(C(=O)NC1CCCCC1)c1ccc(C)cc1. The van der Waals surface area contributed by atoms with Crippen LogP contribution in [0.1, 0.15) is 115 Å². The Labute approximate surface area is 263 Å². The van der Waals surface area contributed by atoms with Crippen molar-refractivity contribution in [1.29, 1.82) is 0 Å². The highest BCUT2D eigenvalue weighted by molar-refractivity contribution is 5.92. The Balaban J connectivity index is 2.00. The highest BCUT2D eigenvalue weighted by Gasteiger charge is 2.37. The number of aryl methyl sites for hydroxylation is 1. The lowest BCUT2D eigenvalue weighted by molar-refractivity contribution is -0.143. The van der Waals surface area contributed by atoms with Gasteiger partial charge in [0.1, 0.15) is 23.4 Å². The molecule has 0 bridgehead atoms. The first kappa shape index (κ1) is 34.9. The molecule has 0 aliphatic heterocycles. The summed E-state index contributed by atoms with van der Waals surface area (Å²) >= 11 is 0. The fourth-order valence-corrected chi connectivity index (χ4v) is 5.72. The lowest BCUT2D eigenvalue weighted by atomic mass is 9.94. The van der Waals surface area contributed by atoms with E-state index < -0.39 is 23.8 Å². The molecule has 2 unspecified atom stereocenters. The molecule has 8 nitrogen and oxygen atoms in total. The van der Waals surface area contributed by atoms with Crippen LogP contribution < -0.4 is 10.6 Å². The maximum atomic E-state index is 14.6. The largest absolute Gasteiger partial charge is 0.508 e. The molecule has 2 aromatic carbocycles. The van der Waals surface area contributed by atoms with Gasteiger partial charge >= 0.3 is 6.09 Å². The zero-order chi connectivity index (χ0) is 32.1. The van der Waals surface area contributed by atoms with Crippen molar-refractivity contribution in [3.63, 3.8) is 0 Å². The minimum absolute atomic E-state index is 0.0818. The van der Waals surface area contributed by atoms with E-state index in [4.69, 9.17) is 4.74 Å². The molecular weight excluding hydrogens is 554 g/mol. The molecule has 3 rings (SSSR count). The monoisotopic (exact) mass is 607 g/mol. The van der Waals surface area contributed by atoms with Gasteiger partial charge in [0.05, 0.1) is 0 Å². The van der Waals surface area contributed by atoms with Gasteiger partial charge in [-0.05, 0) is 70.2 Å². The molecule has 1 aliphatic rings. The smallest absolute Gasteiger partial charge is 0.408 e. The summed E-state index contributed by atoms with van der Waals surface area (Å²) < 4.78 is 5.55. The Bertz CT molecular complexity index is 1180. The number of phenolic OH excluding ortho intramolecular Hbond substituents is 1. The van der Waals surface area contributed by atoms with Crippen molar-refractivity contribution in [2.45, 2.75) is 129 Å². The number of phenols is 1. The molecule has 0 aromatic heterocycles. The fourth-order valence-electron chi connectivity index (χ4n) is 5.72. The van der Waals surface area contributed by atoms with E-state index in [9.17, 15) is 19.5 Å². The number of hydrogen-bond donors (Lipinski definition) is 3. The number of rotatable bonds is 14. The van der Waals surface area contributed by atoms with E-state index >= 15 is 0 Å². The van der Waals surface area contributed by atoms with Gasteiger partial charge < -0.3 is 25.4 Å². The number of benzene rings is 2. The lowest BCUT2D eigenvalue weighted by Gasteiger charge is -2.36. The first-order valence-corrected chi connectivity index (χ1v) is 16.4. The molecule has 8 heteroatoms. The second kappa shape index (κ2) is 17.1. The van der Waals surface area contributed by atoms with Gasteiger partial charge in [0, 0.05) is 19.0 Å². The van der Waals surface area contributed by atoms with E-state index in [1.165, 1.54) is 6.42 Å². The minimum Gasteiger partial charge on any atom is -0.508 e. The Hall–Kier alpha value is -3.55. The Kier molecular flexibility index (Phi) is 13.6. The maximum absolute atomic E-state index is 14.6. The number of ether oxygens (including phenoxy) is 1. The number of amides is 3. The van der Waals surface area contributed by atoms with Gasteiger partial charge in [-0.1, -0.05) is 93.8 Å². The van der Waals surface area contributed by atoms with E-state index in [0.717, 1.165) is 74.5 Å². The average Bonchev–Trinajstić information content (AvgIpc) is 2.97. The van der Waals surface area contributed by atoms with Crippen molar-refractivity contribution in [2.24, 2.45) is 0 Å². The predicted octanol–water partition coefficient (Wildman–Crippen LogP) is 7.13. The lowest BCUT2D eigenvalue weighted by Crippen LogP contribution is -2.54. The quantitative estimate of drug-likeness (QED) is 0.198. The normalized spacial score (nSPS) is 15.2. The summed E-state index contributed by atoms with van der Waals surface area (Å²) in [5.74, 6) is -0.420. The van der Waals surface area contributed by atoms with Crippen molar-refractivity contribution < 1.29 is 24.2 Å². The number of carbonyl (C=O) groups excluding carboxylic acids is 3. The third-order valence-corrected chi connectivity index (χ3v) is 8.06. The Morgan fingerprint density at radius 2 is 1.57 bits per heavy atom. The average molecular weight is 608 g/mol. The topological polar surface area (TPSA) is 108 Å². The van der Waals surface area contributed by atoms with E-state index in [2.05, 4.69) is 17.6 Å². The minimum atomic E-state index is -0.986. The van der Waals surface area contributed by atoms with Crippen molar-refractivity contribution in [2.75, 3.05) is 6.54 Å². The molecule has 3 N–H and O–H groups in total. The van der Waals surface area contributed by atoms with Gasteiger partial charge in [0.2, 0.25) is 11.8 Å². The van der Waals surface area contributed by atoms with Crippen LogP contribution in [0.4, 0.5) is 4.79 Å². The van der Waals surface area contributed by atoms with E-state index in [0.29, 0.717) is 6.54 Å². The first-order chi connectivity index (χ1) is 21.0. The van der Waals surface area contributed by atoms with Crippen LogP contribution in [0.2, 0.25) is 0 Å².